The van der Waals surface area contributed by atoms with E-state index in [0.29, 0.717) is 0 Å². The average molecular weight is 468 g/mol. The molecule has 2 atom stereocenters. The lowest BCUT2D eigenvalue weighted by atomic mass is 10.0. The van der Waals surface area contributed by atoms with Gasteiger partial charge in [0.1, 0.15) is 30.0 Å². The number of nitrogens with one attached hydrogen (secondary N) is 2. The predicted octanol–water partition coefficient (Wildman–Crippen LogP) is 0.845. The Morgan fingerprint density at radius 3 is 2.27 bits per heavy atom. The first-order chi connectivity index (χ1) is 15.3. The molecule has 0 saturated heterocycles. The first-order valence-electron chi connectivity index (χ1n) is 10.4. The lowest BCUT2D eigenvalue weighted by Gasteiger charge is -2.36. The van der Waals surface area contributed by atoms with E-state index in [9.17, 15) is 29.4 Å². The molecular weight excluding hydrogens is 434 g/mol. The number of carbonyl (C=O) groups is 4. The second kappa shape index (κ2) is 12.0. The summed E-state index contributed by atoms with van der Waals surface area (Å²) in [7, 11) is 1.17. The molecule has 0 aliphatic carbocycles. The lowest BCUT2D eigenvalue weighted by molar-refractivity contribution is -0.146. The van der Waals surface area contributed by atoms with E-state index in [1.165, 1.54) is 31.4 Å². The molecule has 184 valence electrons. The molecule has 0 heterocycles. The maximum atomic E-state index is 13.4. The molecule has 1 aromatic rings. The SMILES string of the molecule is COC(=O)CNC(=O)C(c1cccc(O)c1)N(C(=O)C(CO)NC(=O)OC(C)(C)C)C(C)C. The Morgan fingerprint density at radius 1 is 1.15 bits per heavy atom. The topological polar surface area (TPSA) is 154 Å². The smallest absolute Gasteiger partial charge is 0.408 e. The first-order valence-corrected chi connectivity index (χ1v) is 10.4. The summed E-state index contributed by atoms with van der Waals surface area (Å²) < 4.78 is 9.68. The Bertz CT molecular complexity index is 850. The van der Waals surface area contributed by atoms with Crippen LogP contribution in [0.25, 0.3) is 0 Å². The second-order valence-electron chi connectivity index (χ2n) is 8.51. The molecule has 1 aromatic carbocycles. The van der Waals surface area contributed by atoms with Crippen LogP contribution in [-0.4, -0.2) is 76.9 Å². The van der Waals surface area contributed by atoms with Gasteiger partial charge in [0.15, 0.2) is 0 Å². The summed E-state index contributed by atoms with van der Waals surface area (Å²) in [6, 6.07) is 2.45. The summed E-state index contributed by atoms with van der Waals surface area (Å²) in [5.74, 6) is -2.32. The minimum Gasteiger partial charge on any atom is -0.508 e. The molecule has 0 spiro atoms. The van der Waals surface area contributed by atoms with Crippen LogP contribution in [-0.2, 0) is 23.9 Å². The fraction of sp³-hybridized carbons (Fsp3) is 0.545. The van der Waals surface area contributed by atoms with Gasteiger partial charge in [-0.2, -0.15) is 0 Å². The van der Waals surface area contributed by atoms with Crippen molar-refractivity contribution in [2.45, 2.75) is 58.3 Å². The van der Waals surface area contributed by atoms with E-state index >= 15 is 0 Å². The van der Waals surface area contributed by atoms with Crippen molar-refractivity contribution < 1.29 is 38.9 Å². The van der Waals surface area contributed by atoms with Gasteiger partial charge in [-0.3, -0.25) is 14.4 Å². The third-order valence-corrected chi connectivity index (χ3v) is 4.33. The van der Waals surface area contributed by atoms with Gasteiger partial charge in [-0.15, -0.1) is 0 Å². The summed E-state index contributed by atoms with van der Waals surface area (Å²) in [6.07, 6.45) is -0.914. The number of carbonyl (C=O) groups excluding carboxylic acids is 4. The zero-order valence-electron chi connectivity index (χ0n) is 19.7. The summed E-state index contributed by atoms with van der Waals surface area (Å²) in [6.45, 7) is 7.03. The quantitative estimate of drug-likeness (QED) is 0.390. The van der Waals surface area contributed by atoms with E-state index in [1.54, 1.807) is 34.6 Å². The average Bonchev–Trinajstić information content (AvgIpc) is 2.71. The van der Waals surface area contributed by atoms with Gasteiger partial charge in [-0.1, -0.05) is 12.1 Å². The van der Waals surface area contributed by atoms with Crippen LogP contribution >= 0.6 is 0 Å². The van der Waals surface area contributed by atoms with Crippen molar-refractivity contribution in [2.75, 3.05) is 20.3 Å². The largest absolute Gasteiger partial charge is 0.508 e. The van der Waals surface area contributed by atoms with Crippen LogP contribution in [0.5, 0.6) is 5.75 Å². The molecule has 0 bridgehead atoms. The Hall–Kier alpha value is -3.34. The molecule has 0 aliphatic rings. The standard InChI is InChI=1S/C22H33N3O8/c1-13(2)25(20(30)16(12-26)24-21(31)33-22(3,4)5)18(14-8-7-9-15(27)10-14)19(29)23-11-17(28)32-6/h7-10,13,16,18,26-27H,11-12H2,1-6H3,(H,23,29)(H,24,31). The molecule has 11 nitrogen and oxygen atoms in total. The number of aliphatic hydroxyl groups is 1. The van der Waals surface area contributed by atoms with Gasteiger partial charge < -0.3 is 35.2 Å². The minimum absolute atomic E-state index is 0.139. The highest BCUT2D eigenvalue weighted by atomic mass is 16.6. The molecule has 0 fully saturated rings. The maximum absolute atomic E-state index is 13.4. The van der Waals surface area contributed by atoms with Crippen LogP contribution in [0.15, 0.2) is 24.3 Å². The zero-order chi connectivity index (χ0) is 25.3. The fourth-order valence-corrected chi connectivity index (χ4v) is 2.96. The monoisotopic (exact) mass is 467 g/mol. The van der Waals surface area contributed by atoms with Crippen molar-refractivity contribution in [3.8, 4) is 5.75 Å². The highest BCUT2D eigenvalue weighted by Crippen LogP contribution is 2.27. The number of nitrogens with zero attached hydrogens (tertiary/aromatic N) is 1. The number of amides is 3. The number of esters is 1. The van der Waals surface area contributed by atoms with Gasteiger partial charge in [-0.25, -0.2) is 4.79 Å². The molecular formula is C22H33N3O8. The van der Waals surface area contributed by atoms with Gasteiger partial charge in [0.05, 0.1) is 13.7 Å². The van der Waals surface area contributed by atoms with Gasteiger partial charge in [0, 0.05) is 6.04 Å². The molecule has 2 unspecified atom stereocenters. The molecule has 4 N–H and O–H groups in total. The summed E-state index contributed by atoms with van der Waals surface area (Å²) in [5.41, 5.74) is -0.573. The van der Waals surface area contributed by atoms with E-state index in [2.05, 4.69) is 15.4 Å². The van der Waals surface area contributed by atoms with Crippen molar-refractivity contribution in [3.05, 3.63) is 29.8 Å². The van der Waals surface area contributed by atoms with Crippen molar-refractivity contribution >= 4 is 23.9 Å². The van der Waals surface area contributed by atoms with E-state index in [-0.39, 0.29) is 11.3 Å². The van der Waals surface area contributed by atoms with Crippen molar-refractivity contribution in [2.24, 2.45) is 0 Å². The molecule has 11 heteroatoms. The van der Waals surface area contributed by atoms with Crippen LogP contribution in [0.1, 0.15) is 46.2 Å². The van der Waals surface area contributed by atoms with Crippen LogP contribution in [0.2, 0.25) is 0 Å². The number of hydrogen-bond acceptors (Lipinski definition) is 8. The number of hydrogen-bond donors (Lipinski definition) is 4. The summed E-state index contributed by atoms with van der Waals surface area (Å²) in [4.78, 5) is 51.3. The number of methoxy groups -OCH3 is 1. The number of rotatable bonds is 9. The molecule has 0 aromatic heterocycles. The second-order valence-corrected chi connectivity index (χ2v) is 8.51. The minimum atomic E-state index is -1.41. The number of benzene rings is 1. The number of aromatic hydroxyl groups is 1. The van der Waals surface area contributed by atoms with Gasteiger partial charge >= 0.3 is 12.1 Å². The van der Waals surface area contributed by atoms with Crippen LogP contribution in [0.4, 0.5) is 4.79 Å². The summed E-state index contributed by atoms with van der Waals surface area (Å²) in [5, 5.41) is 24.4. The van der Waals surface area contributed by atoms with Crippen molar-refractivity contribution in [3.63, 3.8) is 0 Å². The number of phenols is 1. The Morgan fingerprint density at radius 2 is 1.79 bits per heavy atom. The zero-order valence-corrected chi connectivity index (χ0v) is 19.7. The normalized spacial score (nSPS) is 13.0. The van der Waals surface area contributed by atoms with E-state index in [1.807, 2.05) is 0 Å². The fourth-order valence-electron chi connectivity index (χ4n) is 2.96. The third-order valence-electron chi connectivity index (χ3n) is 4.33. The number of ether oxygens (including phenoxy) is 2. The number of aliphatic hydroxyl groups excluding tert-OH is 1. The highest BCUT2D eigenvalue weighted by Gasteiger charge is 2.37. The van der Waals surface area contributed by atoms with E-state index < -0.39 is 60.8 Å². The molecule has 0 saturated carbocycles. The molecule has 3 amide bonds. The maximum Gasteiger partial charge on any atom is 0.408 e. The van der Waals surface area contributed by atoms with Gasteiger partial charge in [0.2, 0.25) is 11.8 Å². The number of phenolic OH excluding ortho intramolecular Hbond substituents is 1. The Labute approximate surface area is 193 Å². The lowest BCUT2D eigenvalue weighted by Crippen LogP contribution is -2.56. The highest BCUT2D eigenvalue weighted by molar-refractivity contribution is 5.93. The molecule has 0 radical (unpaired) electrons. The molecule has 1 rings (SSSR count). The first kappa shape index (κ1) is 27.7. The third kappa shape index (κ3) is 8.60. The molecule has 0 aliphatic heterocycles. The van der Waals surface area contributed by atoms with Crippen LogP contribution in [0, 0.1) is 0 Å². The van der Waals surface area contributed by atoms with E-state index in [4.69, 9.17) is 4.74 Å². The Kier molecular flexibility index (Phi) is 10.1. The summed E-state index contributed by atoms with van der Waals surface area (Å²) >= 11 is 0. The predicted molar refractivity (Wildman–Crippen MR) is 118 cm³/mol. The van der Waals surface area contributed by atoms with Gasteiger partial charge in [-0.05, 0) is 52.3 Å². The number of alkyl carbamates (subject to hydrolysis) is 1. The van der Waals surface area contributed by atoms with Crippen LogP contribution < -0.4 is 10.6 Å². The van der Waals surface area contributed by atoms with Crippen molar-refractivity contribution in [1.29, 1.82) is 0 Å². The van der Waals surface area contributed by atoms with E-state index in [0.717, 1.165) is 4.90 Å². The van der Waals surface area contributed by atoms with Crippen LogP contribution in [0.3, 0.4) is 0 Å². The van der Waals surface area contributed by atoms with Gasteiger partial charge in [0.25, 0.3) is 0 Å². The Balaban J connectivity index is 3.33. The van der Waals surface area contributed by atoms with Crippen molar-refractivity contribution in [1.82, 2.24) is 15.5 Å². The molecule has 33 heavy (non-hydrogen) atoms.